The summed E-state index contributed by atoms with van der Waals surface area (Å²) < 4.78 is 6.31. The Morgan fingerprint density at radius 1 is 0.291 bits per heavy atom. The molecular formula is C51H31N3O. The fourth-order valence-corrected chi connectivity index (χ4v) is 8.18. The summed E-state index contributed by atoms with van der Waals surface area (Å²) in [6.07, 6.45) is 0. The summed E-state index contributed by atoms with van der Waals surface area (Å²) in [6, 6.07) is 65.8. The first-order valence-corrected chi connectivity index (χ1v) is 18.5. The maximum absolute atomic E-state index is 6.31. The SMILES string of the molecule is c1ccc(-c2cccc(-c3nc(-c4ccccc4-c4cccc5c4ccc4c6ccccc6ccc54)nc(-c4cccc5oc6ccccc6c45)n3)c2)cc1. The molecule has 0 aliphatic carbocycles. The van der Waals surface area contributed by atoms with E-state index in [-0.39, 0.29) is 0 Å². The van der Waals surface area contributed by atoms with Gasteiger partial charge in [-0.25, -0.2) is 15.0 Å². The fourth-order valence-electron chi connectivity index (χ4n) is 8.18. The first kappa shape index (κ1) is 31.1. The third kappa shape index (κ3) is 5.19. The van der Waals surface area contributed by atoms with Crippen LogP contribution in [0.1, 0.15) is 0 Å². The number of fused-ring (bicyclic) bond motifs is 8. The Hall–Kier alpha value is -7.43. The summed E-state index contributed by atoms with van der Waals surface area (Å²) >= 11 is 0. The van der Waals surface area contributed by atoms with Gasteiger partial charge in [0.05, 0.1) is 0 Å². The molecule has 0 spiro atoms. The van der Waals surface area contributed by atoms with Gasteiger partial charge in [0.1, 0.15) is 11.2 Å². The van der Waals surface area contributed by atoms with Crippen molar-refractivity contribution in [3.63, 3.8) is 0 Å². The van der Waals surface area contributed by atoms with Crippen LogP contribution in [0.4, 0.5) is 0 Å². The molecule has 0 bridgehead atoms. The molecule has 55 heavy (non-hydrogen) atoms. The highest BCUT2D eigenvalue weighted by Crippen LogP contribution is 2.41. The number of furan rings is 1. The summed E-state index contributed by atoms with van der Waals surface area (Å²) in [5.74, 6) is 1.80. The van der Waals surface area contributed by atoms with E-state index in [9.17, 15) is 0 Å². The standard InChI is InChI=1S/C51H31N3O/c1-2-13-32(14-3-1)34-16-10-17-35(31-34)49-52-50(54-51(53-49)45-24-12-26-47-48(45)44-21-8-9-25-46(44)55-47)43-20-7-6-19-39(43)37-22-11-23-38-41-28-27-33-15-4-5-18-36(33)40(41)29-30-42(37)38/h1-31H. The van der Waals surface area contributed by atoms with Crippen molar-refractivity contribution in [1.29, 1.82) is 0 Å². The molecule has 2 heterocycles. The van der Waals surface area contributed by atoms with Crippen molar-refractivity contribution in [3.8, 4) is 56.4 Å². The molecular weight excluding hydrogens is 671 g/mol. The van der Waals surface area contributed by atoms with Gasteiger partial charge in [-0.2, -0.15) is 0 Å². The monoisotopic (exact) mass is 701 g/mol. The van der Waals surface area contributed by atoms with E-state index in [1.807, 2.05) is 36.4 Å². The molecule has 0 aliphatic heterocycles. The lowest BCUT2D eigenvalue weighted by Gasteiger charge is -2.15. The van der Waals surface area contributed by atoms with E-state index >= 15 is 0 Å². The number of nitrogens with zero attached hydrogens (tertiary/aromatic N) is 3. The maximum atomic E-state index is 6.31. The van der Waals surface area contributed by atoms with Crippen molar-refractivity contribution in [2.75, 3.05) is 0 Å². The second-order valence-corrected chi connectivity index (χ2v) is 13.9. The highest BCUT2D eigenvalue weighted by atomic mass is 16.3. The van der Waals surface area contributed by atoms with Crippen LogP contribution in [0, 0.1) is 0 Å². The van der Waals surface area contributed by atoms with Gasteiger partial charge in [0.15, 0.2) is 17.5 Å². The Bertz CT molecular complexity index is 3270. The van der Waals surface area contributed by atoms with Gasteiger partial charge in [0.25, 0.3) is 0 Å². The zero-order valence-electron chi connectivity index (χ0n) is 29.6. The van der Waals surface area contributed by atoms with E-state index in [1.165, 1.54) is 32.3 Å². The third-order valence-corrected chi connectivity index (χ3v) is 10.7. The van der Waals surface area contributed by atoms with Crippen LogP contribution in [0.3, 0.4) is 0 Å². The van der Waals surface area contributed by atoms with E-state index in [0.29, 0.717) is 17.5 Å². The highest BCUT2D eigenvalue weighted by Gasteiger charge is 2.20. The van der Waals surface area contributed by atoms with Gasteiger partial charge in [-0.3, -0.25) is 0 Å². The molecule has 11 aromatic rings. The van der Waals surface area contributed by atoms with E-state index in [4.69, 9.17) is 19.4 Å². The molecule has 2 aromatic heterocycles. The summed E-state index contributed by atoms with van der Waals surface area (Å²) in [7, 11) is 0. The van der Waals surface area contributed by atoms with Crippen LogP contribution in [0.15, 0.2) is 192 Å². The van der Waals surface area contributed by atoms with Gasteiger partial charge in [0, 0.05) is 27.5 Å². The predicted octanol–water partition coefficient (Wildman–Crippen LogP) is 13.6. The third-order valence-electron chi connectivity index (χ3n) is 10.7. The second-order valence-electron chi connectivity index (χ2n) is 13.9. The van der Waals surface area contributed by atoms with Gasteiger partial charge < -0.3 is 4.42 Å². The van der Waals surface area contributed by atoms with E-state index in [0.717, 1.165) is 60.9 Å². The minimum Gasteiger partial charge on any atom is -0.456 e. The lowest BCUT2D eigenvalue weighted by atomic mass is 9.91. The fraction of sp³-hybridized carbons (Fsp3) is 0. The van der Waals surface area contributed by atoms with Crippen molar-refractivity contribution < 1.29 is 4.42 Å². The number of hydrogen-bond acceptors (Lipinski definition) is 4. The number of benzene rings is 9. The molecule has 0 N–H and O–H groups in total. The molecule has 11 rings (SSSR count). The van der Waals surface area contributed by atoms with Crippen LogP contribution in [0.25, 0.3) is 111 Å². The molecule has 0 saturated carbocycles. The summed E-state index contributed by atoms with van der Waals surface area (Å²) in [6.45, 7) is 0. The lowest BCUT2D eigenvalue weighted by Crippen LogP contribution is -2.01. The minimum absolute atomic E-state index is 0.591. The Morgan fingerprint density at radius 3 is 1.75 bits per heavy atom. The Kier molecular flexibility index (Phi) is 7.14. The van der Waals surface area contributed by atoms with E-state index < -0.39 is 0 Å². The molecule has 4 nitrogen and oxygen atoms in total. The molecule has 0 fully saturated rings. The topological polar surface area (TPSA) is 51.8 Å². The summed E-state index contributed by atoms with van der Waals surface area (Å²) in [5, 5.41) is 9.39. The van der Waals surface area contributed by atoms with Crippen molar-refractivity contribution in [1.82, 2.24) is 15.0 Å². The van der Waals surface area contributed by atoms with Crippen molar-refractivity contribution in [2.45, 2.75) is 0 Å². The number of para-hydroxylation sites is 1. The normalized spacial score (nSPS) is 11.6. The largest absolute Gasteiger partial charge is 0.456 e. The molecule has 0 amide bonds. The first-order valence-electron chi connectivity index (χ1n) is 18.5. The zero-order valence-corrected chi connectivity index (χ0v) is 29.6. The predicted molar refractivity (Wildman–Crippen MR) is 227 cm³/mol. The Balaban J connectivity index is 1.15. The van der Waals surface area contributed by atoms with Gasteiger partial charge in [-0.05, 0) is 72.8 Å². The molecule has 9 aromatic carbocycles. The molecule has 0 saturated heterocycles. The second kappa shape index (κ2) is 12.6. The van der Waals surface area contributed by atoms with Gasteiger partial charge in [0.2, 0.25) is 0 Å². The number of hydrogen-bond donors (Lipinski definition) is 0. The van der Waals surface area contributed by atoms with Crippen LogP contribution in [-0.2, 0) is 0 Å². The van der Waals surface area contributed by atoms with Gasteiger partial charge >= 0.3 is 0 Å². The minimum atomic E-state index is 0.591. The maximum Gasteiger partial charge on any atom is 0.164 e. The van der Waals surface area contributed by atoms with Crippen molar-refractivity contribution >= 4 is 54.3 Å². The zero-order chi connectivity index (χ0) is 36.3. The molecule has 4 heteroatoms. The smallest absolute Gasteiger partial charge is 0.164 e. The summed E-state index contributed by atoms with van der Waals surface area (Å²) in [4.78, 5) is 15.8. The van der Waals surface area contributed by atoms with Crippen LogP contribution in [0.5, 0.6) is 0 Å². The number of rotatable bonds is 5. The summed E-state index contributed by atoms with van der Waals surface area (Å²) in [5.41, 5.74) is 8.78. The Morgan fingerprint density at radius 2 is 0.836 bits per heavy atom. The highest BCUT2D eigenvalue weighted by molar-refractivity contribution is 6.19. The van der Waals surface area contributed by atoms with Crippen LogP contribution in [-0.4, -0.2) is 15.0 Å². The molecule has 0 aliphatic rings. The first-order chi connectivity index (χ1) is 27.3. The number of aromatic nitrogens is 3. The lowest BCUT2D eigenvalue weighted by molar-refractivity contribution is 0.669. The van der Waals surface area contributed by atoms with Gasteiger partial charge in [-0.15, -0.1) is 0 Å². The molecule has 0 atom stereocenters. The van der Waals surface area contributed by atoms with E-state index in [1.54, 1.807) is 0 Å². The quantitative estimate of drug-likeness (QED) is 0.168. The average Bonchev–Trinajstić information content (AvgIpc) is 3.65. The Labute approximate surface area is 317 Å². The van der Waals surface area contributed by atoms with Crippen LogP contribution < -0.4 is 0 Å². The van der Waals surface area contributed by atoms with Crippen LogP contribution >= 0.6 is 0 Å². The van der Waals surface area contributed by atoms with Crippen molar-refractivity contribution in [2.24, 2.45) is 0 Å². The van der Waals surface area contributed by atoms with Gasteiger partial charge in [-0.1, -0.05) is 170 Å². The van der Waals surface area contributed by atoms with E-state index in [2.05, 4.69) is 152 Å². The molecule has 256 valence electrons. The molecule has 0 radical (unpaired) electrons. The van der Waals surface area contributed by atoms with Crippen molar-refractivity contribution in [3.05, 3.63) is 188 Å². The molecule has 0 unspecified atom stereocenters. The van der Waals surface area contributed by atoms with Crippen LogP contribution in [0.2, 0.25) is 0 Å². The average molecular weight is 702 g/mol.